The standard InChI is InChI=1S/C24H23FN6O2S/c1-13-3-6-19(31-26-7-8-27-31)22(28-13)23(32)30-17-9-15(10-17)14(2)20(30)12-33-24-29-18-5-4-16(25)11-21(18)34-24/h3-8,11,14-15,17,20H,9-10,12H2,1-2H3. The number of carbonyl (C=O) groups is 1. The Hall–Kier alpha value is -3.40. The summed E-state index contributed by atoms with van der Waals surface area (Å²) < 4.78 is 20.4. The average molecular weight is 479 g/mol. The minimum Gasteiger partial charge on any atom is -0.468 e. The Bertz CT molecular complexity index is 1370. The molecule has 34 heavy (non-hydrogen) atoms. The first-order valence-corrected chi connectivity index (χ1v) is 12.2. The van der Waals surface area contributed by atoms with Gasteiger partial charge in [-0.25, -0.2) is 14.4 Å². The van der Waals surface area contributed by atoms with Gasteiger partial charge in [0.1, 0.15) is 18.1 Å². The number of piperidine rings is 2. The third-order valence-corrected chi connectivity index (χ3v) is 7.97. The highest BCUT2D eigenvalue weighted by Gasteiger charge is 2.51. The molecule has 8 nitrogen and oxygen atoms in total. The number of hydrogen-bond donors (Lipinski definition) is 0. The second-order valence-corrected chi connectivity index (χ2v) is 10.1. The number of pyridine rings is 1. The predicted molar refractivity (Wildman–Crippen MR) is 125 cm³/mol. The van der Waals surface area contributed by atoms with E-state index in [4.69, 9.17) is 4.74 Å². The third-order valence-electron chi connectivity index (χ3n) is 7.04. The van der Waals surface area contributed by atoms with Crippen molar-refractivity contribution in [2.75, 3.05) is 6.61 Å². The average Bonchev–Trinajstić information content (AvgIpc) is 3.46. The van der Waals surface area contributed by atoms with Gasteiger partial charge in [-0.1, -0.05) is 18.3 Å². The molecule has 3 aliphatic rings. The van der Waals surface area contributed by atoms with Crippen LogP contribution in [0.15, 0.2) is 42.7 Å². The summed E-state index contributed by atoms with van der Waals surface area (Å²) in [6, 6.07) is 8.23. The van der Waals surface area contributed by atoms with Gasteiger partial charge in [-0.3, -0.25) is 4.79 Å². The molecule has 1 saturated carbocycles. The van der Waals surface area contributed by atoms with Crippen LogP contribution in [0.2, 0.25) is 0 Å². The Labute approximate surface area is 199 Å². The number of hydrogen-bond acceptors (Lipinski definition) is 7. The maximum Gasteiger partial charge on any atom is 0.275 e. The molecule has 2 unspecified atom stereocenters. The number of rotatable bonds is 5. The van der Waals surface area contributed by atoms with E-state index >= 15 is 0 Å². The highest BCUT2D eigenvalue weighted by atomic mass is 32.1. The first-order chi connectivity index (χ1) is 16.5. The maximum atomic E-state index is 13.9. The van der Waals surface area contributed by atoms with E-state index in [1.807, 2.05) is 24.0 Å². The molecular formula is C24H23FN6O2S. The summed E-state index contributed by atoms with van der Waals surface area (Å²) in [5.41, 5.74) is 2.36. The number of amides is 1. The molecule has 7 rings (SSSR count). The van der Waals surface area contributed by atoms with Crippen molar-refractivity contribution < 1.29 is 13.9 Å². The van der Waals surface area contributed by atoms with Crippen LogP contribution in [0.1, 0.15) is 35.9 Å². The van der Waals surface area contributed by atoms with Gasteiger partial charge in [0.2, 0.25) is 0 Å². The Morgan fingerprint density at radius 3 is 2.76 bits per heavy atom. The highest BCUT2D eigenvalue weighted by Crippen LogP contribution is 2.47. The zero-order valence-electron chi connectivity index (χ0n) is 18.8. The van der Waals surface area contributed by atoms with E-state index in [0.29, 0.717) is 34.6 Å². The van der Waals surface area contributed by atoms with E-state index in [1.165, 1.54) is 28.3 Å². The van der Waals surface area contributed by atoms with Gasteiger partial charge in [-0.15, -0.1) is 4.80 Å². The lowest BCUT2D eigenvalue weighted by Crippen LogP contribution is -2.64. The Morgan fingerprint density at radius 2 is 1.97 bits per heavy atom. The van der Waals surface area contributed by atoms with Crippen molar-refractivity contribution >= 4 is 27.5 Å². The molecule has 5 heterocycles. The second-order valence-electron chi connectivity index (χ2n) is 9.07. The van der Waals surface area contributed by atoms with Gasteiger partial charge < -0.3 is 9.64 Å². The SMILES string of the molecule is Cc1ccc(-n2nccn2)c(C(=O)N2C3CC(C3)C(C)C2COc2nc3ccc(F)cc3s2)n1. The zero-order valence-corrected chi connectivity index (χ0v) is 19.6. The Kier molecular flexibility index (Phi) is 5.05. The van der Waals surface area contributed by atoms with Gasteiger partial charge in [0.05, 0.1) is 28.7 Å². The summed E-state index contributed by atoms with van der Waals surface area (Å²) in [6.45, 7) is 4.37. The van der Waals surface area contributed by atoms with Crippen molar-refractivity contribution in [1.29, 1.82) is 0 Å². The van der Waals surface area contributed by atoms with Crippen LogP contribution in [0.25, 0.3) is 15.9 Å². The monoisotopic (exact) mass is 478 g/mol. The molecule has 2 bridgehead atoms. The number of aryl methyl sites for hydroxylation is 1. The van der Waals surface area contributed by atoms with Crippen LogP contribution in [0.3, 0.4) is 0 Å². The number of thiazole rings is 1. The maximum absolute atomic E-state index is 13.9. The lowest BCUT2D eigenvalue weighted by Gasteiger charge is -2.56. The molecule has 2 atom stereocenters. The van der Waals surface area contributed by atoms with Gasteiger partial charge in [-0.05, 0) is 61.9 Å². The van der Waals surface area contributed by atoms with Crippen molar-refractivity contribution in [3.8, 4) is 10.9 Å². The molecule has 3 aromatic heterocycles. The van der Waals surface area contributed by atoms with Crippen LogP contribution in [0.5, 0.6) is 5.19 Å². The van der Waals surface area contributed by atoms with Gasteiger partial charge >= 0.3 is 0 Å². The van der Waals surface area contributed by atoms with Crippen LogP contribution in [-0.4, -0.2) is 54.5 Å². The Morgan fingerprint density at radius 1 is 1.18 bits per heavy atom. The van der Waals surface area contributed by atoms with Crippen LogP contribution >= 0.6 is 11.3 Å². The van der Waals surface area contributed by atoms with Crippen LogP contribution < -0.4 is 4.74 Å². The lowest BCUT2D eigenvalue weighted by molar-refractivity contribution is -0.0673. The molecule has 4 aromatic rings. The van der Waals surface area contributed by atoms with Crippen molar-refractivity contribution in [2.24, 2.45) is 11.8 Å². The molecule has 1 aromatic carbocycles. The number of fused-ring (bicyclic) bond motifs is 3. The minimum absolute atomic E-state index is 0.116. The largest absolute Gasteiger partial charge is 0.468 e. The normalized spacial score (nSPS) is 23.7. The van der Waals surface area contributed by atoms with Crippen molar-refractivity contribution in [3.05, 3.63) is 59.9 Å². The summed E-state index contributed by atoms with van der Waals surface area (Å²) in [7, 11) is 0. The van der Waals surface area contributed by atoms with Gasteiger partial charge in [-0.2, -0.15) is 10.2 Å². The summed E-state index contributed by atoms with van der Waals surface area (Å²) in [5, 5.41) is 8.89. The zero-order chi connectivity index (χ0) is 23.4. The van der Waals surface area contributed by atoms with Gasteiger partial charge in [0.15, 0.2) is 5.69 Å². The molecule has 0 spiro atoms. The van der Waals surface area contributed by atoms with E-state index in [-0.39, 0.29) is 29.7 Å². The summed E-state index contributed by atoms with van der Waals surface area (Å²) in [4.78, 5) is 26.4. The summed E-state index contributed by atoms with van der Waals surface area (Å²) in [5.74, 6) is 0.418. The fourth-order valence-corrected chi connectivity index (χ4v) is 5.95. The van der Waals surface area contributed by atoms with E-state index in [0.717, 1.165) is 23.2 Å². The van der Waals surface area contributed by atoms with E-state index in [9.17, 15) is 9.18 Å². The number of benzene rings is 1. The first-order valence-electron chi connectivity index (χ1n) is 11.3. The van der Waals surface area contributed by atoms with E-state index in [2.05, 4.69) is 27.1 Å². The lowest BCUT2D eigenvalue weighted by atomic mass is 9.64. The van der Waals surface area contributed by atoms with E-state index in [1.54, 1.807) is 18.5 Å². The third kappa shape index (κ3) is 3.53. The molecule has 2 saturated heterocycles. The fraction of sp³-hybridized carbons (Fsp3) is 0.375. The Balaban J connectivity index is 1.30. The number of aromatic nitrogens is 5. The topological polar surface area (TPSA) is 86.0 Å². The smallest absolute Gasteiger partial charge is 0.275 e. The van der Waals surface area contributed by atoms with Crippen LogP contribution in [0.4, 0.5) is 4.39 Å². The number of carbonyl (C=O) groups excluding carboxylic acids is 1. The van der Waals surface area contributed by atoms with Crippen LogP contribution in [-0.2, 0) is 0 Å². The molecule has 0 N–H and O–H groups in total. The molecule has 2 aliphatic heterocycles. The van der Waals surface area contributed by atoms with E-state index < -0.39 is 0 Å². The number of ether oxygens (including phenoxy) is 1. The van der Waals surface area contributed by atoms with Crippen molar-refractivity contribution in [2.45, 2.75) is 38.8 Å². The molecule has 1 aliphatic carbocycles. The van der Waals surface area contributed by atoms with Gasteiger partial charge in [0, 0.05) is 11.7 Å². The summed E-state index contributed by atoms with van der Waals surface area (Å²) >= 11 is 1.31. The molecule has 1 amide bonds. The molecule has 174 valence electrons. The van der Waals surface area contributed by atoms with Crippen molar-refractivity contribution in [3.63, 3.8) is 0 Å². The fourth-order valence-electron chi connectivity index (χ4n) is 5.10. The van der Waals surface area contributed by atoms with Crippen molar-refractivity contribution in [1.82, 2.24) is 29.9 Å². The van der Waals surface area contributed by atoms with Gasteiger partial charge in [0.25, 0.3) is 11.1 Å². The number of nitrogens with zero attached hydrogens (tertiary/aromatic N) is 6. The minimum atomic E-state index is -0.298. The molecule has 0 radical (unpaired) electrons. The highest BCUT2D eigenvalue weighted by molar-refractivity contribution is 7.20. The molecular weight excluding hydrogens is 455 g/mol. The summed E-state index contributed by atoms with van der Waals surface area (Å²) in [6.07, 6.45) is 5.14. The first kappa shape index (κ1) is 21.2. The molecule has 3 fully saturated rings. The second kappa shape index (κ2) is 8.12. The van der Waals surface area contributed by atoms with Crippen LogP contribution in [0, 0.1) is 24.6 Å². The molecule has 10 heteroatoms. The quantitative estimate of drug-likeness (QED) is 0.430. The predicted octanol–water partition coefficient (Wildman–Crippen LogP) is 4.04. The number of halogens is 1.